The molecule has 0 radical (unpaired) electrons. The minimum atomic E-state index is -0.522. The highest BCUT2D eigenvalue weighted by atomic mass is 35.5. The number of hydrogen-bond acceptors (Lipinski definition) is 2. The fraction of sp³-hybridized carbons (Fsp3) is 0.333. The van der Waals surface area contributed by atoms with Crippen LogP contribution in [0.25, 0.3) is 10.8 Å². The first-order valence-corrected chi connectivity index (χ1v) is 6.44. The molecule has 3 heteroatoms. The summed E-state index contributed by atoms with van der Waals surface area (Å²) in [4.78, 5) is 0. The summed E-state index contributed by atoms with van der Waals surface area (Å²) in [6.45, 7) is 3.98. The van der Waals surface area contributed by atoms with Gasteiger partial charge in [0.15, 0.2) is 0 Å². The molecule has 1 aliphatic rings. The van der Waals surface area contributed by atoms with Crippen LogP contribution in [0, 0.1) is 0 Å². The van der Waals surface area contributed by atoms with E-state index in [1.54, 1.807) is 0 Å². The maximum absolute atomic E-state index is 10.2. The van der Waals surface area contributed by atoms with Crippen molar-refractivity contribution < 1.29 is 9.84 Å². The smallest absolute Gasteiger partial charge is 0.133 e. The van der Waals surface area contributed by atoms with Crippen LogP contribution in [-0.4, -0.2) is 10.7 Å². The third kappa shape index (κ3) is 1.76. The fourth-order valence-electron chi connectivity index (χ4n) is 2.58. The van der Waals surface area contributed by atoms with Crippen LogP contribution in [0.15, 0.2) is 30.3 Å². The molecule has 0 amide bonds. The molecule has 2 aromatic rings. The molecule has 1 atom stereocenters. The predicted octanol–water partition coefficient (Wildman–Crippen LogP) is 4.09. The molecular formula is C15H15ClO2. The van der Waals surface area contributed by atoms with Gasteiger partial charge in [-0.1, -0.05) is 35.9 Å². The molecule has 0 saturated carbocycles. The predicted molar refractivity (Wildman–Crippen MR) is 73.2 cm³/mol. The topological polar surface area (TPSA) is 29.5 Å². The molecule has 2 nitrogen and oxygen atoms in total. The van der Waals surface area contributed by atoms with Gasteiger partial charge in [0.25, 0.3) is 0 Å². The number of aliphatic hydroxyl groups excluding tert-OH is 1. The lowest BCUT2D eigenvalue weighted by molar-refractivity contribution is 0.0130. The molecule has 3 rings (SSSR count). The molecular weight excluding hydrogens is 248 g/mol. The fourth-order valence-corrected chi connectivity index (χ4v) is 2.86. The van der Waals surface area contributed by atoms with Crippen molar-refractivity contribution in [3.63, 3.8) is 0 Å². The number of ether oxygens (including phenoxy) is 1. The molecule has 1 N–H and O–H groups in total. The number of benzene rings is 2. The molecule has 2 aromatic carbocycles. The lowest BCUT2D eigenvalue weighted by Crippen LogP contribution is -2.34. The van der Waals surface area contributed by atoms with E-state index in [0.29, 0.717) is 11.4 Å². The van der Waals surface area contributed by atoms with Crippen LogP contribution in [0.1, 0.15) is 31.9 Å². The average Bonchev–Trinajstić information content (AvgIpc) is 2.31. The highest BCUT2D eigenvalue weighted by molar-refractivity contribution is 6.36. The Morgan fingerprint density at radius 1 is 1.28 bits per heavy atom. The molecule has 18 heavy (non-hydrogen) atoms. The number of rotatable bonds is 0. The van der Waals surface area contributed by atoms with Crippen LogP contribution in [0.5, 0.6) is 5.75 Å². The maximum atomic E-state index is 10.2. The quantitative estimate of drug-likeness (QED) is 0.775. The summed E-state index contributed by atoms with van der Waals surface area (Å²) in [7, 11) is 0. The first-order valence-electron chi connectivity index (χ1n) is 6.06. The molecule has 0 saturated heterocycles. The van der Waals surface area contributed by atoms with E-state index in [4.69, 9.17) is 16.3 Å². The van der Waals surface area contributed by atoms with Crippen LogP contribution >= 0.6 is 11.6 Å². The zero-order valence-corrected chi connectivity index (χ0v) is 11.2. The summed E-state index contributed by atoms with van der Waals surface area (Å²) in [5, 5.41) is 12.8. The van der Waals surface area contributed by atoms with Crippen molar-refractivity contribution in [2.75, 3.05) is 0 Å². The van der Waals surface area contributed by atoms with Crippen LogP contribution in [-0.2, 0) is 0 Å². The van der Waals surface area contributed by atoms with Gasteiger partial charge < -0.3 is 9.84 Å². The summed E-state index contributed by atoms with van der Waals surface area (Å²) in [6, 6.07) is 9.67. The van der Waals surface area contributed by atoms with Crippen LogP contribution in [0.4, 0.5) is 0 Å². The molecule has 0 aliphatic carbocycles. The van der Waals surface area contributed by atoms with Gasteiger partial charge in [-0.2, -0.15) is 0 Å². The van der Waals surface area contributed by atoms with Gasteiger partial charge in [0, 0.05) is 27.8 Å². The minimum absolute atomic E-state index is 0.358. The molecule has 1 unspecified atom stereocenters. The van der Waals surface area contributed by atoms with E-state index in [1.807, 2.05) is 44.2 Å². The largest absolute Gasteiger partial charge is 0.487 e. The summed E-state index contributed by atoms with van der Waals surface area (Å²) in [6.07, 6.45) is 0.0557. The van der Waals surface area contributed by atoms with Gasteiger partial charge in [0.05, 0.1) is 6.10 Å². The first-order chi connectivity index (χ1) is 8.48. The van der Waals surface area contributed by atoms with Gasteiger partial charge in [-0.3, -0.25) is 0 Å². The summed E-state index contributed by atoms with van der Waals surface area (Å²) < 4.78 is 6.04. The van der Waals surface area contributed by atoms with E-state index in [0.717, 1.165) is 22.1 Å². The first kappa shape index (κ1) is 11.8. The second-order valence-corrected chi connectivity index (χ2v) is 5.81. The lowest BCUT2D eigenvalue weighted by atomic mass is 9.90. The third-order valence-electron chi connectivity index (χ3n) is 3.40. The molecule has 0 aromatic heterocycles. The molecule has 0 spiro atoms. The van der Waals surface area contributed by atoms with Crippen LogP contribution < -0.4 is 4.74 Å². The number of hydrogen-bond donors (Lipinski definition) is 1. The highest BCUT2D eigenvalue weighted by Crippen LogP contribution is 2.45. The zero-order valence-electron chi connectivity index (χ0n) is 10.4. The third-order valence-corrected chi connectivity index (χ3v) is 3.71. The van der Waals surface area contributed by atoms with E-state index in [-0.39, 0.29) is 5.60 Å². The molecule has 1 aliphatic heterocycles. The standard InChI is InChI=1S/C15H15ClO2/c1-15(2)8-13(17)11-7-12(16)9-5-3-4-6-10(9)14(11)18-15/h3-7,13,17H,8H2,1-2H3. The van der Waals surface area contributed by atoms with Gasteiger partial charge in [-0.25, -0.2) is 0 Å². The Hall–Kier alpha value is -1.25. The van der Waals surface area contributed by atoms with Crippen LogP contribution in [0.3, 0.4) is 0 Å². The van der Waals surface area contributed by atoms with Crippen molar-refractivity contribution in [1.82, 2.24) is 0 Å². The van der Waals surface area contributed by atoms with E-state index in [9.17, 15) is 5.11 Å². The molecule has 0 fully saturated rings. The SMILES string of the molecule is CC1(C)CC(O)c2cc(Cl)c3ccccc3c2O1. The van der Waals surface area contributed by atoms with Gasteiger partial charge in [-0.05, 0) is 19.9 Å². The summed E-state index contributed by atoms with van der Waals surface area (Å²) in [5.74, 6) is 0.763. The normalized spacial score (nSPS) is 21.4. The van der Waals surface area contributed by atoms with Crippen molar-refractivity contribution >= 4 is 22.4 Å². The van der Waals surface area contributed by atoms with Gasteiger partial charge in [-0.15, -0.1) is 0 Å². The van der Waals surface area contributed by atoms with Gasteiger partial charge in [0.1, 0.15) is 11.4 Å². The van der Waals surface area contributed by atoms with E-state index >= 15 is 0 Å². The Kier molecular flexibility index (Phi) is 2.54. The Morgan fingerprint density at radius 2 is 1.94 bits per heavy atom. The Bertz CT molecular complexity index is 619. The van der Waals surface area contributed by atoms with E-state index < -0.39 is 6.10 Å². The second kappa shape index (κ2) is 3.87. The Labute approximate surface area is 111 Å². The Balaban J connectivity index is 2.34. The molecule has 0 bridgehead atoms. The van der Waals surface area contributed by atoms with E-state index in [2.05, 4.69) is 0 Å². The highest BCUT2D eigenvalue weighted by Gasteiger charge is 2.34. The number of aliphatic hydroxyl groups is 1. The zero-order chi connectivity index (χ0) is 12.9. The second-order valence-electron chi connectivity index (χ2n) is 5.40. The number of fused-ring (bicyclic) bond motifs is 3. The average molecular weight is 263 g/mol. The van der Waals surface area contributed by atoms with E-state index in [1.165, 1.54) is 0 Å². The summed E-state index contributed by atoms with van der Waals surface area (Å²) >= 11 is 6.26. The monoisotopic (exact) mass is 262 g/mol. The van der Waals surface area contributed by atoms with Crippen molar-refractivity contribution in [3.05, 3.63) is 40.9 Å². The minimum Gasteiger partial charge on any atom is -0.487 e. The van der Waals surface area contributed by atoms with Crippen molar-refractivity contribution in [1.29, 1.82) is 0 Å². The summed E-state index contributed by atoms with van der Waals surface area (Å²) in [5.41, 5.74) is 0.432. The number of halogens is 1. The van der Waals surface area contributed by atoms with Gasteiger partial charge in [0.2, 0.25) is 0 Å². The van der Waals surface area contributed by atoms with Crippen molar-refractivity contribution in [2.45, 2.75) is 32.0 Å². The maximum Gasteiger partial charge on any atom is 0.133 e. The Morgan fingerprint density at radius 3 is 2.67 bits per heavy atom. The van der Waals surface area contributed by atoms with Crippen LogP contribution in [0.2, 0.25) is 5.02 Å². The molecule has 94 valence electrons. The van der Waals surface area contributed by atoms with Gasteiger partial charge >= 0.3 is 0 Å². The van der Waals surface area contributed by atoms with Crippen molar-refractivity contribution in [2.24, 2.45) is 0 Å². The lowest BCUT2D eigenvalue weighted by Gasteiger charge is -2.36. The van der Waals surface area contributed by atoms with Crippen molar-refractivity contribution in [3.8, 4) is 5.75 Å². The molecule has 1 heterocycles.